The fourth-order valence-corrected chi connectivity index (χ4v) is 4.36. The van der Waals surface area contributed by atoms with Crippen LogP contribution in [0.15, 0.2) is 66.2 Å². The molecule has 0 heterocycles. The molecule has 1 aliphatic rings. The van der Waals surface area contributed by atoms with Crippen molar-refractivity contribution in [3.63, 3.8) is 0 Å². The van der Waals surface area contributed by atoms with E-state index >= 15 is 0 Å². The van der Waals surface area contributed by atoms with Gasteiger partial charge >= 0.3 is 0 Å². The number of nitrogens with one attached hydrogen (secondary N) is 2. The standard InChI is InChI=1S/C26H32N2O3/c1-19(2)17-24(29)28-21-13-15-26(16-14-21,20-9-5-4-6-10-20)18-27-25(30)22-11-7-8-12-23(22)31-3/h4-12,17,21H,13-16,18H2,1-3H3,(H,27,30)(H,28,29). The summed E-state index contributed by atoms with van der Waals surface area (Å²) in [5.74, 6) is 0.410. The molecule has 5 nitrogen and oxygen atoms in total. The number of methoxy groups -OCH3 is 1. The van der Waals surface area contributed by atoms with E-state index in [1.807, 2.05) is 44.2 Å². The van der Waals surface area contributed by atoms with E-state index in [9.17, 15) is 9.59 Å². The Morgan fingerprint density at radius 3 is 2.32 bits per heavy atom. The number of carbonyl (C=O) groups excluding carboxylic acids is 2. The lowest BCUT2D eigenvalue weighted by atomic mass is 9.68. The van der Waals surface area contributed by atoms with Crippen molar-refractivity contribution in [3.05, 3.63) is 77.4 Å². The van der Waals surface area contributed by atoms with Crippen molar-refractivity contribution in [2.45, 2.75) is 51.0 Å². The maximum Gasteiger partial charge on any atom is 0.255 e. The molecule has 2 aromatic rings. The molecule has 0 spiro atoms. The number of ether oxygens (including phenoxy) is 1. The van der Waals surface area contributed by atoms with E-state index in [4.69, 9.17) is 4.74 Å². The zero-order chi connectivity index (χ0) is 22.3. The summed E-state index contributed by atoms with van der Waals surface area (Å²) >= 11 is 0. The largest absolute Gasteiger partial charge is 0.496 e. The summed E-state index contributed by atoms with van der Waals surface area (Å²) in [4.78, 5) is 25.0. The first-order chi connectivity index (χ1) is 14.9. The molecule has 1 saturated carbocycles. The highest BCUT2D eigenvalue weighted by Gasteiger charge is 2.37. The van der Waals surface area contributed by atoms with Crippen molar-refractivity contribution in [1.29, 1.82) is 0 Å². The number of hydrogen-bond acceptors (Lipinski definition) is 3. The Morgan fingerprint density at radius 1 is 1.03 bits per heavy atom. The number of allylic oxidation sites excluding steroid dienone is 1. The van der Waals surface area contributed by atoms with Crippen LogP contribution in [0.3, 0.4) is 0 Å². The Hall–Kier alpha value is -3.08. The third-order valence-corrected chi connectivity index (χ3v) is 6.03. The molecule has 5 heteroatoms. The molecule has 164 valence electrons. The number of amides is 2. The monoisotopic (exact) mass is 420 g/mol. The highest BCUT2D eigenvalue weighted by Crippen LogP contribution is 2.39. The number of hydrogen-bond donors (Lipinski definition) is 2. The van der Waals surface area contributed by atoms with E-state index < -0.39 is 0 Å². The minimum Gasteiger partial charge on any atom is -0.496 e. The predicted octanol–water partition coefficient (Wildman–Crippen LogP) is 4.39. The molecular weight excluding hydrogens is 388 g/mol. The van der Waals surface area contributed by atoms with Gasteiger partial charge in [-0.15, -0.1) is 0 Å². The SMILES string of the molecule is COc1ccccc1C(=O)NCC1(c2ccccc2)CCC(NC(=O)C=C(C)C)CC1. The Balaban J connectivity index is 1.72. The molecule has 1 fully saturated rings. The lowest BCUT2D eigenvalue weighted by Crippen LogP contribution is -2.47. The van der Waals surface area contributed by atoms with Crippen molar-refractivity contribution in [2.75, 3.05) is 13.7 Å². The normalized spacial score (nSPS) is 20.4. The molecule has 0 unspecified atom stereocenters. The average molecular weight is 421 g/mol. The smallest absolute Gasteiger partial charge is 0.255 e. The van der Waals surface area contributed by atoms with Gasteiger partial charge in [-0.2, -0.15) is 0 Å². The molecule has 2 aromatic carbocycles. The summed E-state index contributed by atoms with van der Waals surface area (Å²) in [6, 6.07) is 17.8. The van der Waals surface area contributed by atoms with Gasteiger partial charge in [0.2, 0.25) is 5.91 Å². The summed E-state index contributed by atoms with van der Waals surface area (Å²) in [7, 11) is 1.57. The van der Waals surface area contributed by atoms with E-state index in [-0.39, 0.29) is 23.3 Å². The van der Waals surface area contributed by atoms with Crippen LogP contribution in [0, 0.1) is 0 Å². The topological polar surface area (TPSA) is 67.4 Å². The van der Waals surface area contributed by atoms with E-state index in [1.165, 1.54) is 5.56 Å². The lowest BCUT2D eigenvalue weighted by molar-refractivity contribution is -0.117. The van der Waals surface area contributed by atoms with Crippen LogP contribution < -0.4 is 15.4 Å². The molecular formula is C26H32N2O3. The maximum atomic E-state index is 12.9. The van der Waals surface area contributed by atoms with Gasteiger partial charge in [0.05, 0.1) is 12.7 Å². The Morgan fingerprint density at radius 2 is 1.68 bits per heavy atom. The molecule has 0 bridgehead atoms. The first-order valence-corrected chi connectivity index (χ1v) is 10.9. The van der Waals surface area contributed by atoms with Crippen LogP contribution in [-0.4, -0.2) is 31.5 Å². The van der Waals surface area contributed by atoms with Crippen LogP contribution in [0.2, 0.25) is 0 Å². The minimum atomic E-state index is -0.156. The van der Waals surface area contributed by atoms with Crippen molar-refractivity contribution < 1.29 is 14.3 Å². The van der Waals surface area contributed by atoms with Crippen molar-refractivity contribution in [1.82, 2.24) is 10.6 Å². The molecule has 31 heavy (non-hydrogen) atoms. The maximum absolute atomic E-state index is 12.9. The molecule has 0 aromatic heterocycles. The first kappa shape index (κ1) is 22.6. The number of carbonyl (C=O) groups is 2. The fraction of sp³-hybridized carbons (Fsp3) is 0.385. The Kier molecular flexibility index (Phi) is 7.50. The molecule has 0 radical (unpaired) electrons. The molecule has 0 saturated heterocycles. The van der Waals surface area contributed by atoms with Gasteiger partial charge in [-0.1, -0.05) is 48.0 Å². The van der Waals surface area contributed by atoms with Gasteiger partial charge in [-0.05, 0) is 57.2 Å². The molecule has 0 atom stereocenters. The van der Waals surface area contributed by atoms with E-state index in [2.05, 4.69) is 22.8 Å². The van der Waals surface area contributed by atoms with E-state index in [0.29, 0.717) is 17.9 Å². The zero-order valence-electron chi connectivity index (χ0n) is 18.6. The third-order valence-electron chi connectivity index (χ3n) is 6.03. The van der Waals surface area contributed by atoms with Crippen LogP contribution >= 0.6 is 0 Å². The highest BCUT2D eigenvalue weighted by atomic mass is 16.5. The highest BCUT2D eigenvalue weighted by molar-refractivity contribution is 5.97. The summed E-state index contributed by atoms with van der Waals surface area (Å²) < 4.78 is 5.34. The van der Waals surface area contributed by atoms with Crippen LogP contribution in [0.1, 0.15) is 55.5 Å². The molecule has 2 amide bonds. The first-order valence-electron chi connectivity index (χ1n) is 10.9. The minimum absolute atomic E-state index is 0.0262. The van der Waals surface area contributed by atoms with Gasteiger partial charge in [0.25, 0.3) is 5.91 Å². The van der Waals surface area contributed by atoms with Gasteiger partial charge < -0.3 is 15.4 Å². The lowest BCUT2D eigenvalue weighted by Gasteiger charge is -2.41. The second-order valence-corrected chi connectivity index (χ2v) is 8.53. The number of para-hydroxylation sites is 1. The molecule has 2 N–H and O–H groups in total. The van der Waals surface area contributed by atoms with Crippen LogP contribution in [0.25, 0.3) is 0 Å². The van der Waals surface area contributed by atoms with E-state index in [0.717, 1.165) is 31.3 Å². The summed E-state index contributed by atoms with van der Waals surface area (Å²) in [6.45, 7) is 4.39. The predicted molar refractivity (Wildman–Crippen MR) is 123 cm³/mol. The van der Waals surface area contributed by atoms with Crippen molar-refractivity contribution in [3.8, 4) is 5.75 Å². The van der Waals surface area contributed by atoms with Crippen molar-refractivity contribution >= 4 is 11.8 Å². The molecule has 1 aliphatic carbocycles. The quantitative estimate of drug-likeness (QED) is 0.653. The van der Waals surface area contributed by atoms with Crippen molar-refractivity contribution in [2.24, 2.45) is 0 Å². The fourth-order valence-electron chi connectivity index (χ4n) is 4.36. The summed E-state index contributed by atoms with van der Waals surface area (Å²) in [5, 5.41) is 6.27. The second-order valence-electron chi connectivity index (χ2n) is 8.53. The van der Waals surface area contributed by atoms with Gasteiger partial charge in [0, 0.05) is 24.1 Å². The summed E-state index contributed by atoms with van der Waals surface area (Å²) in [6.07, 6.45) is 5.18. The number of rotatable bonds is 7. The van der Waals surface area contributed by atoms with Gasteiger partial charge in [0.15, 0.2) is 0 Å². The molecule has 0 aliphatic heterocycles. The third kappa shape index (κ3) is 5.75. The summed E-state index contributed by atoms with van der Waals surface area (Å²) in [5.41, 5.74) is 2.60. The average Bonchev–Trinajstić information content (AvgIpc) is 2.78. The van der Waals surface area contributed by atoms with Crippen LogP contribution in [0.5, 0.6) is 5.75 Å². The Bertz CT molecular complexity index is 925. The zero-order valence-corrected chi connectivity index (χ0v) is 18.6. The molecule has 3 rings (SSSR count). The number of benzene rings is 2. The van der Waals surface area contributed by atoms with Crippen LogP contribution in [0.4, 0.5) is 0 Å². The van der Waals surface area contributed by atoms with Gasteiger partial charge in [-0.3, -0.25) is 9.59 Å². The Labute approximate surface area is 184 Å². The second kappa shape index (κ2) is 10.3. The van der Waals surface area contributed by atoms with Crippen LogP contribution in [-0.2, 0) is 10.2 Å². The van der Waals surface area contributed by atoms with E-state index in [1.54, 1.807) is 25.3 Å². The van der Waals surface area contributed by atoms with Gasteiger partial charge in [0.1, 0.15) is 5.75 Å². The van der Waals surface area contributed by atoms with Gasteiger partial charge in [-0.25, -0.2) is 0 Å².